The highest BCUT2D eigenvalue weighted by molar-refractivity contribution is 6.27. The first kappa shape index (κ1) is 18.8. The molecule has 0 radical (unpaired) electrons. The lowest BCUT2D eigenvalue weighted by atomic mass is 9.96. The van der Waals surface area contributed by atoms with Gasteiger partial charge in [0.1, 0.15) is 5.75 Å². The monoisotopic (exact) mass is 324 g/mol. The van der Waals surface area contributed by atoms with Gasteiger partial charge in [-0.3, -0.25) is 0 Å². The van der Waals surface area contributed by atoms with Crippen molar-refractivity contribution < 1.29 is 24.5 Å². The van der Waals surface area contributed by atoms with Gasteiger partial charge < -0.3 is 25.2 Å². The lowest BCUT2D eigenvalue weighted by molar-refractivity contribution is -0.159. The summed E-state index contributed by atoms with van der Waals surface area (Å²) >= 11 is 0. The number of benzene rings is 1. The van der Waals surface area contributed by atoms with Crippen molar-refractivity contribution >= 4 is 17.6 Å². The first-order valence-corrected chi connectivity index (χ1v) is 7.35. The molecule has 0 bridgehead atoms. The minimum absolute atomic E-state index is 0.743. The second-order valence-corrected chi connectivity index (χ2v) is 5.68. The Morgan fingerprint density at radius 1 is 1.30 bits per heavy atom. The van der Waals surface area contributed by atoms with Crippen LogP contribution in [0.25, 0.3) is 0 Å². The van der Waals surface area contributed by atoms with Gasteiger partial charge in [-0.25, -0.2) is 9.59 Å². The van der Waals surface area contributed by atoms with E-state index in [4.69, 9.17) is 24.5 Å². The molecule has 128 valence electrons. The van der Waals surface area contributed by atoms with Crippen LogP contribution in [0.2, 0.25) is 0 Å². The number of anilines is 1. The minimum Gasteiger partial charge on any atom is -0.497 e. The van der Waals surface area contributed by atoms with Crippen molar-refractivity contribution in [2.24, 2.45) is 5.92 Å². The van der Waals surface area contributed by atoms with Crippen LogP contribution in [-0.2, 0) is 16.0 Å². The lowest BCUT2D eigenvalue weighted by Crippen LogP contribution is -2.23. The van der Waals surface area contributed by atoms with Gasteiger partial charge in [-0.05, 0) is 44.5 Å². The molecule has 0 aliphatic carbocycles. The predicted molar refractivity (Wildman–Crippen MR) is 87.1 cm³/mol. The van der Waals surface area contributed by atoms with E-state index in [0.29, 0.717) is 0 Å². The van der Waals surface area contributed by atoms with Gasteiger partial charge in [0.2, 0.25) is 0 Å². The maximum absolute atomic E-state index is 9.10. The van der Waals surface area contributed by atoms with Crippen LogP contribution in [0.1, 0.15) is 12.0 Å². The number of methoxy groups -OCH3 is 1. The van der Waals surface area contributed by atoms with Gasteiger partial charge in [-0.15, -0.1) is 0 Å². The molecule has 1 aromatic carbocycles. The molecule has 7 nitrogen and oxygen atoms in total. The van der Waals surface area contributed by atoms with Crippen molar-refractivity contribution in [3.8, 4) is 5.75 Å². The fraction of sp³-hybridized carbons (Fsp3) is 0.500. The molecule has 1 unspecified atom stereocenters. The number of carboxylic acids is 2. The standard InChI is InChI=1S/C14H22N2O.C2H2O4/c1-16(2)10-11-6-7-15-14-9-13(17-3)5-4-12(14)8-11;3-1(4)2(5)6/h4-5,9,11,15H,6-8,10H2,1-3H3;(H,3,4)(H,5,6). The second kappa shape index (κ2) is 8.99. The number of carboxylic acid groups (broad SMARTS) is 2. The molecule has 1 aliphatic heterocycles. The molecule has 1 heterocycles. The highest BCUT2D eigenvalue weighted by Crippen LogP contribution is 2.28. The number of fused-ring (bicyclic) bond motifs is 1. The molecule has 0 aromatic heterocycles. The molecule has 0 fully saturated rings. The topological polar surface area (TPSA) is 99.1 Å². The molecule has 0 saturated heterocycles. The van der Waals surface area contributed by atoms with E-state index >= 15 is 0 Å². The number of aliphatic carboxylic acids is 2. The van der Waals surface area contributed by atoms with Gasteiger partial charge in [-0.2, -0.15) is 0 Å². The van der Waals surface area contributed by atoms with Crippen molar-refractivity contribution in [2.45, 2.75) is 12.8 Å². The number of carbonyl (C=O) groups is 2. The average molecular weight is 324 g/mol. The molecule has 3 N–H and O–H groups in total. The van der Waals surface area contributed by atoms with Crippen LogP contribution in [0, 0.1) is 5.92 Å². The summed E-state index contributed by atoms with van der Waals surface area (Å²) < 4.78 is 5.26. The molecule has 0 saturated carbocycles. The van der Waals surface area contributed by atoms with Crippen LogP contribution >= 0.6 is 0 Å². The molecule has 1 aromatic rings. The van der Waals surface area contributed by atoms with Gasteiger partial charge in [0.15, 0.2) is 0 Å². The van der Waals surface area contributed by atoms with E-state index in [1.165, 1.54) is 17.7 Å². The highest BCUT2D eigenvalue weighted by Gasteiger charge is 2.17. The molecule has 0 spiro atoms. The Hall–Kier alpha value is -2.28. The fourth-order valence-corrected chi connectivity index (χ4v) is 2.52. The number of nitrogens with zero attached hydrogens (tertiary/aromatic N) is 1. The van der Waals surface area contributed by atoms with Crippen LogP contribution in [0.4, 0.5) is 5.69 Å². The van der Waals surface area contributed by atoms with Crippen LogP contribution in [0.5, 0.6) is 5.75 Å². The quantitative estimate of drug-likeness (QED) is 0.722. The maximum atomic E-state index is 9.10. The van der Waals surface area contributed by atoms with Crippen LogP contribution in [0.3, 0.4) is 0 Å². The molecule has 1 atom stereocenters. The van der Waals surface area contributed by atoms with Crippen molar-refractivity contribution in [3.05, 3.63) is 23.8 Å². The van der Waals surface area contributed by atoms with Crippen molar-refractivity contribution in [2.75, 3.05) is 39.6 Å². The SMILES string of the molecule is COc1ccc2c(c1)NCCC(CN(C)C)C2.O=C(O)C(=O)O. The Morgan fingerprint density at radius 3 is 2.48 bits per heavy atom. The summed E-state index contributed by atoms with van der Waals surface area (Å²) in [6, 6.07) is 6.35. The number of nitrogens with one attached hydrogen (secondary N) is 1. The van der Waals surface area contributed by atoms with Gasteiger partial charge >= 0.3 is 11.9 Å². The Kier molecular flexibility index (Phi) is 7.34. The molecule has 23 heavy (non-hydrogen) atoms. The average Bonchev–Trinajstić information content (AvgIpc) is 2.67. The van der Waals surface area contributed by atoms with Crippen molar-refractivity contribution in [1.82, 2.24) is 4.90 Å². The summed E-state index contributed by atoms with van der Waals surface area (Å²) in [5.41, 5.74) is 2.65. The first-order valence-electron chi connectivity index (χ1n) is 7.35. The van der Waals surface area contributed by atoms with Crippen molar-refractivity contribution in [1.29, 1.82) is 0 Å². The zero-order chi connectivity index (χ0) is 17.4. The zero-order valence-corrected chi connectivity index (χ0v) is 13.7. The number of ether oxygens (including phenoxy) is 1. The van der Waals surface area contributed by atoms with E-state index in [1.54, 1.807) is 7.11 Å². The number of hydrogen-bond acceptors (Lipinski definition) is 5. The third-order valence-corrected chi connectivity index (χ3v) is 3.50. The highest BCUT2D eigenvalue weighted by atomic mass is 16.5. The Bertz CT molecular complexity index is 533. The summed E-state index contributed by atoms with van der Waals surface area (Å²) in [5, 5.41) is 18.3. The maximum Gasteiger partial charge on any atom is 0.414 e. The van der Waals surface area contributed by atoms with E-state index < -0.39 is 11.9 Å². The van der Waals surface area contributed by atoms with Gasteiger partial charge in [0, 0.05) is 24.8 Å². The largest absolute Gasteiger partial charge is 0.497 e. The summed E-state index contributed by atoms with van der Waals surface area (Å²) in [4.78, 5) is 20.5. The predicted octanol–water partition coefficient (Wildman–Crippen LogP) is 1.39. The van der Waals surface area contributed by atoms with E-state index in [2.05, 4.69) is 42.5 Å². The third-order valence-electron chi connectivity index (χ3n) is 3.50. The number of rotatable bonds is 3. The Labute approximate surface area is 135 Å². The first-order chi connectivity index (χ1) is 10.8. The molecule has 2 rings (SSSR count). The smallest absolute Gasteiger partial charge is 0.414 e. The second-order valence-electron chi connectivity index (χ2n) is 5.68. The van der Waals surface area contributed by atoms with E-state index in [1.807, 2.05) is 0 Å². The molecule has 7 heteroatoms. The summed E-state index contributed by atoms with van der Waals surface area (Å²) in [5.74, 6) is -1.97. The normalized spacial score (nSPS) is 16.3. The zero-order valence-electron chi connectivity index (χ0n) is 13.7. The van der Waals surface area contributed by atoms with E-state index in [-0.39, 0.29) is 0 Å². The van der Waals surface area contributed by atoms with E-state index in [0.717, 1.165) is 31.2 Å². The third kappa shape index (κ3) is 6.56. The molecular weight excluding hydrogens is 300 g/mol. The van der Waals surface area contributed by atoms with Crippen molar-refractivity contribution in [3.63, 3.8) is 0 Å². The summed E-state index contributed by atoms with van der Waals surface area (Å²) in [6.45, 7) is 2.21. The van der Waals surface area contributed by atoms with Crippen LogP contribution in [-0.4, -0.2) is 61.3 Å². The minimum atomic E-state index is -1.82. The molecular formula is C16H24N2O5. The van der Waals surface area contributed by atoms with Gasteiger partial charge in [0.25, 0.3) is 0 Å². The van der Waals surface area contributed by atoms with Crippen LogP contribution in [0.15, 0.2) is 18.2 Å². The fourth-order valence-electron chi connectivity index (χ4n) is 2.52. The molecule has 1 aliphatic rings. The van der Waals surface area contributed by atoms with Gasteiger partial charge in [-0.1, -0.05) is 6.07 Å². The Balaban J connectivity index is 0.000000379. The van der Waals surface area contributed by atoms with E-state index in [9.17, 15) is 0 Å². The lowest BCUT2D eigenvalue weighted by Gasteiger charge is -2.19. The van der Waals surface area contributed by atoms with Crippen LogP contribution < -0.4 is 10.1 Å². The summed E-state index contributed by atoms with van der Waals surface area (Å²) in [6.07, 6.45) is 2.39. The summed E-state index contributed by atoms with van der Waals surface area (Å²) in [7, 11) is 6.01. The Morgan fingerprint density at radius 2 is 1.96 bits per heavy atom. The van der Waals surface area contributed by atoms with Gasteiger partial charge in [0.05, 0.1) is 7.11 Å². The number of hydrogen-bond donors (Lipinski definition) is 3. The molecule has 0 amide bonds.